The third-order valence-corrected chi connectivity index (χ3v) is 4.22. The van der Waals surface area contributed by atoms with Crippen molar-refractivity contribution in [1.82, 2.24) is 0 Å². The zero-order valence-corrected chi connectivity index (χ0v) is 12.8. The molecule has 0 amide bonds. The van der Waals surface area contributed by atoms with E-state index in [0.717, 1.165) is 32.3 Å². The van der Waals surface area contributed by atoms with Crippen LogP contribution in [0.15, 0.2) is 34.8 Å². The molecule has 1 unspecified atom stereocenters. The summed E-state index contributed by atoms with van der Waals surface area (Å²) in [5, 5.41) is 10.5. The first-order chi connectivity index (χ1) is 8.90. The van der Waals surface area contributed by atoms with Crippen LogP contribution < -0.4 is 0 Å². The van der Waals surface area contributed by atoms with E-state index in [1.165, 1.54) is 12.1 Å². The highest BCUT2D eigenvalue weighted by molar-refractivity contribution is 9.10. The lowest BCUT2D eigenvalue weighted by Crippen LogP contribution is -2.05. The van der Waals surface area contributed by atoms with Crippen LogP contribution in [0.25, 0.3) is 0 Å². The van der Waals surface area contributed by atoms with E-state index in [4.69, 9.17) is 0 Å². The van der Waals surface area contributed by atoms with Gasteiger partial charge in [0.25, 0.3) is 0 Å². The fraction of sp³-hybridized carbons (Fsp3) is 0.250. The minimum atomic E-state index is -0.729. The van der Waals surface area contributed by atoms with Gasteiger partial charge in [0, 0.05) is 4.47 Å². The van der Waals surface area contributed by atoms with Crippen LogP contribution in [0.2, 0.25) is 0 Å². The summed E-state index contributed by atoms with van der Waals surface area (Å²) in [6, 6.07) is 8.65. The van der Waals surface area contributed by atoms with Gasteiger partial charge < -0.3 is 5.11 Å². The number of benzene rings is 2. The van der Waals surface area contributed by atoms with Crippen molar-refractivity contribution in [3.05, 3.63) is 68.4 Å². The fourth-order valence-corrected chi connectivity index (χ4v) is 2.60. The number of aliphatic hydroxyl groups is 1. The van der Waals surface area contributed by atoms with Crippen molar-refractivity contribution in [3.8, 4) is 0 Å². The Kier molecular flexibility index (Phi) is 4.07. The molecule has 0 spiro atoms. The molecule has 0 aliphatic rings. The molecule has 0 heterocycles. The van der Waals surface area contributed by atoms with E-state index in [1.54, 1.807) is 0 Å². The predicted molar refractivity (Wildman–Crippen MR) is 78.8 cm³/mol. The number of aliphatic hydroxyl groups excluding tert-OH is 1. The standard InChI is InChI=1S/C16H16BrFO/c1-9-6-12(4-5-14(9)17)16(19)15-10(2)7-13(18)8-11(15)3/h4-8,16,19H,1-3H3. The third kappa shape index (κ3) is 2.88. The van der Waals surface area contributed by atoms with Gasteiger partial charge in [-0.05, 0) is 66.8 Å². The molecule has 19 heavy (non-hydrogen) atoms. The molecule has 0 aromatic heterocycles. The minimum absolute atomic E-state index is 0.266. The Morgan fingerprint density at radius 3 is 2.11 bits per heavy atom. The van der Waals surface area contributed by atoms with Gasteiger partial charge >= 0.3 is 0 Å². The lowest BCUT2D eigenvalue weighted by Gasteiger charge is -2.18. The second kappa shape index (κ2) is 5.43. The van der Waals surface area contributed by atoms with Crippen molar-refractivity contribution in [1.29, 1.82) is 0 Å². The smallest absolute Gasteiger partial charge is 0.123 e. The molecule has 1 N–H and O–H groups in total. The van der Waals surface area contributed by atoms with Crippen LogP contribution in [-0.2, 0) is 0 Å². The summed E-state index contributed by atoms with van der Waals surface area (Å²) in [4.78, 5) is 0. The molecule has 0 aliphatic carbocycles. The number of halogens is 2. The van der Waals surface area contributed by atoms with Gasteiger partial charge in [0.05, 0.1) is 0 Å². The van der Waals surface area contributed by atoms with Gasteiger partial charge in [0.2, 0.25) is 0 Å². The molecule has 0 saturated carbocycles. The fourth-order valence-electron chi connectivity index (χ4n) is 2.36. The van der Waals surface area contributed by atoms with E-state index in [9.17, 15) is 9.50 Å². The van der Waals surface area contributed by atoms with Gasteiger partial charge in [-0.3, -0.25) is 0 Å². The van der Waals surface area contributed by atoms with Gasteiger partial charge in [0.15, 0.2) is 0 Å². The van der Waals surface area contributed by atoms with Crippen molar-refractivity contribution >= 4 is 15.9 Å². The number of hydrogen-bond acceptors (Lipinski definition) is 1. The molecule has 1 atom stereocenters. The maximum absolute atomic E-state index is 13.3. The first-order valence-corrected chi connectivity index (χ1v) is 6.90. The van der Waals surface area contributed by atoms with Crippen molar-refractivity contribution in [2.75, 3.05) is 0 Å². The average molecular weight is 323 g/mol. The normalized spacial score (nSPS) is 12.5. The van der Waals surface area contributed by atoms with Crippen LogP contribution in [0.4, 0.5) is 4.39 Å². The Balaban J connectivity index is 2.49. The van der Waals surface area contributed by atoms with Gasteiger partial charge in [-0.1, -0.05) is 28.1 Å². The molecular formula is C16H16BrFO. The van der Waals surface area contributed by atoms with Crippen molar-refractivity contribution < 1.29 is 9.50 Å². The lowest BCUT2D eigenvalue weighted by atomic mass is 9.93. The zero-order chi connectivity index (χ0) is 14.2. The molecule has 0 aliphatic heterocycles. The highest BCUT2D eigenvalue weighted by Gasteiger charge is 2.17. The van der Waals surface area contributed by atoms with Crippen molar-refractivity contribution in [2.24, 2.45) is 0 Å². The molecular weight excluding hydrogens is 307 g/mol. The first-order valence-electron chi connectivity index (χ1n) is 6.11. The van der Waals surface area contributed by atoms with Crippen molar-refractivity contribution in [3.63, 3.8) is 0 Å². The summed E-state index contributed by atoms with van der Waals surface area (Å²) >= 11 is 3.44. The maximum Gasteiger partial charge on any atom is 0.123 e. The molecule has 0 saturated heterocycles. The van der Waals surface area contributed by atoms with Crippen LogP contribution in [0.5, 0.6) is 0 Å². The summed E-state index contributed by atoms with van der Waals surface area (Å²) in [6.07, 6.45) is -0.729. The molecule has 2 aromatic rings. The third-order valence-electron chi connectivity index (χ3n) is 3.33. The topological polar surface area (TPSA) is 20.2 Å². The quantitative estimate of drug-likeness (QED) is 0.857. The summed E-state index contributed by atoms with van der Waals surface area (Å²) in [7, 11) is 0. The summed E-state index contributed by atoms with van der Waals surface area (Å²) < 4.78 is 14.3. The molecule has 1 nitrogen and oxygen atoms in total. The molecule has 0 radical (unpaired) electrons. The van der Waals surface area contributed by atoms with E-state index >= 15 is 0 Å². The minimum Gasteiger partial charge on any atom is -0.384 e. The molecule has 100 valence electrons. The second-order valence-corrected chi connectivity index (χ2v) is 5.72. The number of aryl methyl sites for hydroxylation is 3. The number of hydrogen-bond donors (Lipinski definition) is 1. The SMILES string of the molecule is Cc1cc(C(O)c2c(C)cc(F)cc2C)ccc1Br. The largest absolute Gasteiger partial charge is 0.384 e. The molecule has 0 bridgehead atoms. The van der Waals surface area contributed by atoms with E-state index in [1.807, 2.05) is 39.0 Å². The van der Waals surface area contributed by atoms with Crippen LogP contribution in [-0.4, -0.2) is 5.11 Å². The van der Waals surface area contributed by atoms with Gasteiger partial charge in [0.1, 0.15) is 11.9 Å². The Labute approximate surface area is 121 Å². The van der Waals surface area contributed by atoms with E-state index in [2.05, 4.69) is 15.9 Å². The van der Waals surface area contributed by atoms with Crippen LogP contribution in [0, 0.1) is 26.6 Å². The summed E-state index contributed by atoms with van der Waals surface area (Å²) in [5.74, 6) is -0.266. The van der Waals surface area contributed by atoms with Crippen LogP contribution in [0.1, 0.15) is 33.9 Å². The van der Waals surface area contributed by atoms with Gasteiger partial charge in [-0.2, -0.15) is 0 Å². The molecule has 3 heteroatoms. The van der Waals surface area contributed by atoms with E-state index in [0.29, 0.717) is 0 Å². The van der Waals surface area contributed by atoms with Crippen molar-refractivity contribution in [2.45, 2.75) is 26.9 Å². The molecule has 2 rings (SSSR count). The average Bonchev–Trinajstić information content (AvgIpc) is 2.31. The monoisotopic (exact) mass is 322 g/mol. The van der Waals surface area contributed by atoms with Gasteiger partial charge in [-0.25, -0.2) is 4.39 Å². The van der Waals surface area contributed by atoms with Gasteiger partial charge in [-0.15, -0.1) is 0 Å². The zero-order valence-electron chi connectivity index (χ0n) is 11.2. The second-order valence-electron chi connectivity index (χ2n) is 4.86. The van der Waals surface area contributed by atoms with Crippen LogP contribution in [0.3, 0.4) is 0 Å². The highest BCUT2D eigenvalue weighted by Crippen LogP contribution is 2.30. The highest BCUT2D eigenvalue weighted by atomic mass is 79.9. The van der Waals surface area contributed by atoms with E-state index < -0.39 is 6.10 Å². The predicted octanol–water partition coefficient (Wildman–Crippen LogP) is 4.60. The Morgan fingerprint density at radius 1 is 1.00 bits per heavy atom. The molecule has 0 fully saturated rings. The lowest BCUT2D eigenvalue weighted by molar-refractivity contribution is 0.218. The maximum atomic E-state index is 13.3. The number of rotatable bonds is 2. The Hall–Kier alpha value is -1.19. The summed E-state index contributed by atoms with van der Waals surface area (Å²) in [6.45, 7) is 5.62. The molecule has 2 aromatic carbocycles. The van der Waals surface area contributed by atoms with Crippen LogP contribution >= 0.6 is 15.9 Å². The summed E-state index contributed by atoms with van der Waals surface area (Å²) in [5.41, 5.74) is 4.20. The Morgan fingerprint density at radius 2 is 1.58 bits per heavy atom. The van der Waals surface area contributed by atoms with E-state index in [-0.39, 0.29) is 5.82 Å². The first kappa shape index (κ1) is 14.2. The Bertz CT molecular complexity index is 599.